The first kappa shape index (κ1) is 16.7. The van der Waals surface area contributed by atoms with Gasteiger partial charge in [0.05, 0.1) is 0 Å². The van der Waals surface area contributed by atoms with E-state index in [1.165, 1.54) is 18.1 Å². The van der Waals surface area contributed by atoms with E-state index in [-0.39, 0.29) is 22.9 Å². The van der Waals surface area contributed by atoms with E-state index in [1.807, 2.05) is 6.08 Å². The highest BCUT2D eigenvalue weighted by atomic mass is 16.3. The Hall–Kier alpha value is -1.74. The van der Waals surface area contributed by atoms with Gasteiger partial charge < -0.3 is 5.11 Å². The van der Waals surface area contributed by atoms with Crippen LogP contribution in [0.2, 0.25) is 0 Å². The largest absolute Gasteiger partial charge is 0.377 e. The van der Waals surface area contributed by atoms with Crippen LogP contribution in [0.15, 0.2) is 47.6 Å². The van der Waals surface area contributed by atoms with E-state index >= 15 is 0 Å². The maximum absolute atomic E-state index is 12.3. The van der Waals surface area contributed by atoms with Gasteiger partial charge in [-0.3, -0.25) is 9.59 Å². The number of Topliss-reactive ketones (excluding diaryl/α,β-unsaturated/α-hetero) is 1. The van der Waals surface area contributed by atoms with Crippen molar-refractivity contribution in [2.45, 2.75) is 52.1 Å². The first-order valence-electron chi connectivity index (χ1n) is 9.21. The number of ketones is 2. The zero-order valence-electron chi connectivity index (χ0n) is 15.3. The molecule has 0 saturated heterocycles. The van der Waals surface area contributed by atoms with E-state index < -0.39 is 11.0 Å². The minimum Gasteiger partial charge on any atom is -0.377 e. The van der Waals surface area contributed by atoms with Crippen LogP contribution < -0.4 is 0 Å². The first-order valence-corrected chi connectivity index (χ1v) is 9.21. The standard InChI is InChI=1S/C22H26O3/c1-13-11-19-17-6-5-15-12-16(24)7-9-20(15,3)18(17)8-10-21(19,4)22(13,25)14(2)23/h7-9,12,17,19,25H,1,5-6,10-11H2,2-4H3/t17-,19+,20+,21+,22-/m1/s1. The summed E-state index contributed by atoms with van der Waals surface area (Å²) in [5, 5.41) is 11.3. The molecule has 4 aliphatic rings. The fourth-order valence-electron chi connectivity index (χ4n) is 6.14. The Morgan fingerprint density at radius 2 is 2.08 bits per heavy atom. The van der Waals surface area contributed by atoms with Crippen molar-refractivity contribution in [2.24, 2.45) is 22.7 Å². The Kier molecular flexibility index (Phi) is 3.28. The van der Waals surface area contributed by atoms with Crippen molar-refractivity contribution in [1.82, 2.24) is 0 Å². The lowest BCUT2D eigenvalue weighted by Gasteiger charge is -2.53. The number of fused-ring (bicyclic) bond motifs is 5. The highest BCUT2D eigenvalue weighted by molar-refractivity contribution is 6.01. The summed E-state index contributed by atoms with van der Waals surface area (Å²) in [5.74, 6) is 0.430. The van der Waals surface area contributed by atoms with E-state index in [0.29, 0.717) is 24.3 Å². The number of rotatable bonds is 1. The number of allylic oxidation sites excluding steroid dienone is 6. The Balaban J connectivity index is 1.82. The molecule has 0 spiro atoms. The van der Waals surface area contributed by atoms with Crippen LogP contribution in [0.5, 0.6) is 0 Å². The van der Waals surface area contributed by atoms with Gasteiger partial charge in [-0.1, -0.05) is 36.8 Å². The first-order chi connectivity index (χ1) is 11.6. The quantitative estimate of drug-likeness (QED) is 0.742. The van der Waals surface area contributed by atoms with Gasteiger partial charge >= 0.3 is 0 Å². The van der Waals surface area contributed by atoms with E-state index in [1.54, 1.807) is 12.2 Å². The summed E-state index contributed by atoms with van der Waals surface area (Å²) >= 11 is 0. The van der Waals surface area contributed by atoms with Crippen LogP contribution in [0.3, 0.4) is 0 Å². The lowest BCUT2D eigenvalue weighted by molar-refractivity contribution is -0.144. The Morgan fingerprint density at radius 3 is 2.76 bits per heavy atom. The molecule has 2 saturated carbocycles. The van der Waals surface area contributed by atoms with Crippen LogP contribution in [0, 0.1) is 22.7 Å². The molecule has 3 heteroatoms. The molecule has 0 radical (unpaired) electrons. The molecule has 132 valence electrons. The predicted octanol–water partition coefficient (Wildman–Crippen LogP) is 3.70. The van der Waals surface area contributed by atoms with Gasteiger partial charge in [-0.05, 0) is 69.1 Å². The van der Waals surface area contributed by atoms with Crippen molar-refractivity contribution >= 4 is 11.6 Å². The molecule has 5 atom stereocenters. The zero-order valence-corrected chi connectivity index (χ0v) is 15.3. The van der Waals surface area contributed by atoms with Crippen molar-refractivity contribution in [3.8, 4) is 0 Å². The third-order valence-corrected chi connectivity index (χ3v) is 7.65. The summed E-state index contributed by atoms with van der Waals surface area (Å²) in [6, 6.07) is 0. The summed E-state index contributed by atoms with van der Waals surface area (Å²) in [6.45, 7) is 9.81. The molecule has 1 N–H and O–H groups in total. The Bertz CT molecular complexity index is 798. The highest BCUT2D eigenvalue weighted by Gasteiger charge is 2.65. The molecule has 0 unspecified atom stereocenters. The molecule has 0 bridgehead atoms. The van der Waals surface area contributed by atoms with Gasteiger partial charge in [0.15, 0.2) is 11.6 Å². The molecule has 25 heavy (non-hydrogen) atoms. The number of hydrogen-bond acceptors (Lipinski definition) is 3. The third-order valence-electron chi connectivity index (χ3n) is 7.65. The molecule has 0 aliphatic heterocycles. The third kappa shape index (κ3) is 1.85. The van der Waals surface area contributed by atoms with Gasteiger partial charge in [0.1, 0.15) is 5.60 Å². The van der Waals surface area contributed by atoms with E-state index in [9.17, 15) is 14.7 Å². The van der Waals surface area contributed by atoms with Gasteiger partial charge in [0, 0.05) is 10.8 Å². The fraction of sp³-hybridized carbons (Fsp3) is 0.545. The second kappa shape index (κ2) is 4.91. The van der Waals surface area contributed by atoms with Gasteiger partial charge in [-0.25, -0.2) is 0 Å². The molecule has 3 nitrogen and oxygen atoms in total. The lowest BCUT2D eigenvalue weighted by Crippen LogP contribution is -2.54. The number of aliphatic hydroxyl groups is 1. The lowest BCUT2D eigenvalue weighted by atomic mass is 9.51. The number of carbonyl (C=O) groups is 2. The monoisotopic (exact) mass is 338 g/mol. The van der Waals surface area contributed by atoms with Gasteiger partial charge in [0.2, 0.25) is 0 Å². The van der Waals surface area contributed by atoms with Crippen LogP contribution in [-0.2, 0) is 9.59 Å². The topological polar surface area (TPSA) is 54.4 Å². The number of hydrogen-bond donors (Lipinski definition) is 1. The fourth-order valence-corrected chi connectivity index (χ4v) is 6.14. The summed E-state index contributed by atoms with van der Waals surface area (Å²) in [7, 11) is 0. The highest BCUT2D eigenvalue weighted by Crippen LogP contribution is 2.66. The molecule has 2 fully saturated rings. The average molecular weight is 338 g/mol. The van der Waals surface area contributed by atoms with Crippen LogP contribution >= 0.6 is 0 Å². The summed E-state index contributed by atoms with van der Waals surface area (Å²) in [6.07, 6.45) is 11.0. The summed E-state index contributed by atoms with van der Waals surface area (Å²) in [5.41, 5.74) is 1.12. The normalized spacial score (nSPS) is 45.3. The van der Waals surface area contributed by atoms with E-state index in [0.717, 1.165) is 12.8 Å². The molecule has 0 aromatic heterocycles. The minimum atomic E-state index is -1.42. The molecule has 0 aromatic rings. The molecule has 0 heterocycles. The average Bonchev–Trinajstić information content (AvgIpc) is 2.77. The molecule has 0 aromatic carbocycles. The van der Waals surface area contributed by atoms with Crippen molar-refractivity contribution in [1.29, 1.82) is 0 Å². The van der Waals surface area contributed by atoms with Crippen LogP contribution in [0.4, 0.5) is 0 Å². The van der Waals surface area contributed by atoms with Crippen molar-refractivity contribution < 1.29 is 14.7 Å². The van der Waals surface area contributed by atoms with Crippen LogP contribution in [0.1, 0.15) is 46.5 Å². The van der Waals surface area contributed by atoms with Crippen molar-refractivity contribution in [3.63, 3.8) is 0 Å². The second-order valence-corrected chi connectivity index (χ2v) is 8.71. The van der Waals surface area contributed by atoms with Gasteiger partial charge in [-0.15, -0.1) is 0 Å². The maximum atomic E-state index is 12.3. The van der Waals surface area contributed by atoms with Crippen molar-refractivity contribution in [2.75, 3.05) is 0 Å². The van der Waals surface area contributed by atoms with Gasteiger partial charge in [-0.2, -0.15) is 0 Å². The minimum absolute atomic E-state index is 0.0763. The number of carbonyl (C=O) groups excluding carboxylic acids is 2. The molecule has 4 rings (SSSR count). The van der Waals surface area contributed by atoms with Gasteiger partial charge in [0.25, 0.3) is 0 Å². The predicted molar refractivity (Wildman–Crippen MR) is 96.7 cm³/mol. The van der Waals surface area contributed by atoms with Crippen molar-refractivity contribution in [3.05, 3.63) is 47.6 Å². The Morgan fingerprint density at radius 1 is 1.36 bits per heavy atom. The molecule has 4 aliphatic carbocycles. The van der Waals surface area contributed by atoms with E-state index in [4.69, 9.17) is 0 Å². The van der Waals surface area contributed by atoms with Crippen LogP contribution in [0.25, 0.3) is 0 Å². The zero-order chi connectivity index (χ0) is 18.2. The van der Waals surface area contributed by atoms with Crippen LogP contribution in [-0.4, -0.2) is 22.3 Å². The smallest absolute Gasteiger partial charge is 0.178 e. The summed E-state index contributed by atoms with van der Waals surface area (Å²) < 4.78 is 0. The summed E-state index contributed by atoms with van der Waals surface area (Å²) in [4.78, 5) is 24.1. The molecule has 0 amide bonds. The molecular weight excluding hydrogens is 312 g/mol. The Labute approximate surface area is 149 Å². The maximum Gasteiger partial charge on any atom is 0.178 e. The SMILES string of the molecule is C=C1C[C@H]2[C@@H]3CCC4=CC(=O)C=C[C@]4(C)C3=CC[C@]2(C)[C@]1(O)C(C)=O. The van der Waals surface area contributed by atoms with E-state index in [2.05, 4.69) is 26.5 Å². The second-order valence-electron chi connectivity index (χ2n) is 8.71. The molecular formula is C22H26O3.